The topological polar surface area (TPSA) is 56.5 Å². The second kappa shape index (κ2) is 5.74. The third kappa shape index (κ3) is 2.33. The van der Waals surface area contributed by atoms with Gasteiger partial charge in [0.2, 0.25) is 0 Å². The van der Waals surface area contributed by atoms with E-state index in [1.165, 1.54) is 0 Å². The van der Waals surface area contributed by atoms with E-state index in [-0.39, 0.29) is 0 Å². The van der Waals surface area contributed by atoms with Gasteiger partial charge in [0.1, 0.15) is 0 Å². The van der Waals surface area contributed by atoms with Gasteiger partial charge in [0.05, 0.1) is 17.4 Å². The van der Waals surface area contributed by atoms with Gasteiger partial charge in [-0.15, -0.1) is 0 Å². The van der Waals surface area contributed by atoms with Crippen LogP contribution >= 0.6 is 0 Å². The number of pyridine rings is 3. The number of aromatic nitrogens is 5. The van der Waals surface area contributed by atoms with E-state index in [1.807, 2.05) is 54.6 Å². The van der Waals surface area contributed by atoms with Gasteiger partial charge in [-0.25, -0.2) is 9.97 Å². The summed E-state index contributed by atoms with van der Waals surface area (Å²) in [5.41, 5.74) is 7.19. The molecule has 0 atom stereocenters. The third-order valence-electron chi connectivity index (χ3n) is 4.65. The molecule has 0 spiro atoms. The third-order valence-corrected chi connectivity index (χ3v) is 4.65. The molecular weight excluding hydrogens is 322 g/mol. The van der Waals surface area contributed by atoms with Crippen molar-refractivity contribution in [1.29, 1.82) is 0 Å². The van der Waals surface area contributed by atoms with Crippen LogP contribution in [0.1, 0.15) is 0 Å². The molecule has 5 nitrogen and oxygen atoms in total. The van der Waals surface area contributed by atoms with Gasteiger partial charge in [-0.2, -0.15) is 0 Å². The number of nitrogens with zero attached hydrogens (tertiary/aromatic N) is 5. The number of hydrogen-bond donors (Lipinski definition) is 0. The lowest BCUT2D eigenvalue weighted by Gasteiger charge is -2.09. The highest BCUT2D eigenvalue weighted by Gasteiger charge is 2.09. The standard InChI is InChI=1S/C21H15N5/c1-26-13-25-21-20(26)11-16(12-24-21)15-2-3-19-18(10-15)17(6-9-23-19)14-4-7-22-8-5-14/h2-13H,1H3. The van der Waals surface area contributed by atoms with Gasteiger partial charge in [0.25, 0.3) is 0 Å². The molecule has 4 heterocycles. The summed E-state index contributed by atoms with van der Waals surface area (Å²) in [6.45, 7) is 0. The summed E-state index contributed by atoms with van der Waals surface area (Å²) in [7, 11) is 1.98. The van der Waals surface area contributed by atoms with E-state index in [1.54, 1.807) is 6.33 Å². The van der Waals surface area contributed by atoms with Crippen LogP contribution in [0, 0.1) is 0 Å². The quantitative estimate of drug-likeness (QED) is 0.483. The van der Waals surface area contributed by atoms with Crippen LogP contribution in [0.5, 0.6) is 0 Å². The van der Waals surface area contributed by atoms with Crippen molar-refractivity contribution >= 4 is 22.1 Å². The zero-order valence-corrected chi connectivity index (χ0v) is 14.2. The van der Waals surface area contributed by atoms with Gasteiger partial charge < -0.3 is 4.57 Å². The van der Waals surface area contributed by atoms with Gasteiger partial charge in [-0.05, 0) is 53.1 Å². The van der Waals surface area contributed by atoms with Gasteiger partial charge in [0, 0.05) is 42.8 Å². The maximum absolute atomic E-state index is 4.51. The Morgan fingerprint density at radius 1 is 0.769 bits per heavy atom. The number of hydrogen-bond acceptors (Lipinski definition) is 4. The predicted octanol–water partition coefficient (Wildman–Crippen LogP) is 4.25. The molecule has 0 aliphatic heterocycles. The molecule has 26 heavy (non-hydrogen) atoms. The Hall–Kier alpha value is -3.60. The average molecular weight is 337 g/mol. The van der Waals surface area contributed by atoms with E-state index in [9.17, 15) is 0 Å². The minimum absolute atomic E-state index is 0.760. The van der Waals surface area contributed by atoms with E-state index >= 15 is 0 Å². The normalized spacial score (nSPS) is 11.3. The molecule has 124 valence electrons. The van der Waals surface area contributed by atoms with E-state index in [0.717, 1.165) is 44.3 Å². The number of aryl methyl sites for hydroxylation is 1. The summed E-state index contributed by atoms with van der Waals surface area (Å²) >= 11 is 0. The number of benzene rings is 1. The van der Waals surface area contributed by atoms with Crippen molar-refractivity contribution in [3.05, 3.63) is 73.6 Å². The molecule has 0 radical (unpaired) electrons. The van der Waals surface area contributed by atoms with Crippen molar-refractivity contribution in [3.8, 4) is 22.3 Å². The molecule has 0 saturated carbocycles. The van der Waals surface area contributed by atoms with Crippen molar-refractivity contribution in [2.75, 3.05) is 0 Å². The van der Waals surface area contributed by atoms with Crippen LogP contribution in [-0.4, -0.2) is 24.5 Å². The molecule has 0 fully saturated rings. The maximum Gasteiger partial charge on any atom is 0.177 e. The first-order valence-electron chi connectivity index (χ1n) is 8.36. The number of imidazole rings is 1. The molecule has 5 aromatic rings. The van der Waals surface area contributed by atoms with E-state index in [4.69, 9.17) is 0 Å². The van der Waals surface area contributed by atoms with Gasteiger partial charge in [-0.3, -0.25) is 9.97 Å². The zero-order valence-electron chi connectivity index (χ0n) is 14.2. The van der Waals surface area contributed by atoms with Crippen LogP contribution in [0.3, 0.4) is 0 Å². The molecule has 0 aliphatic rings. The Morgan fingerprint density at radius 2 is 1.65 bits per heavy atom. The van der Waals surface area contributed by atoms with Crippen molar-refractivity contribution < 1.29 is 0 Å². The molecule has 0 aliphatic carbocycles. The molecule has 5 heteroatoms. The van der Waals surface area contributed by atoms with Crippen LogP contribution < -0.4 is 0 Å². The summed E-state index contributed by atoms with van der Waals surface area (Å²) in [5.74, 6) is 0. The molecular formula is C21H15N5. The Kier molecular flexibility index (Phi) is 3.25. The lowest BCUT2D eigenvalue weighted by Crippen LogP contribution is -1.89. The lowest BCUT2D eigenvalue weighted by atomic mass is 9.98. The summed E-state index contributed by atoms with van der Waals surface area (Å²) in [4.78, 5) is 17.4. The summed E-state index contributed by atoms with van der Waals surface area (Å²) < 4.78 is 1.98. The monoisotopic (exact) mass is 337 g/mol. The highest BCUT2D eigenvalue weighted by atomic mass is 15.0. The van der Waals surface area contributed by atoms with E-state index in [2.05, 4.69) is 44.2 Å². The van der Waals surface area contributed by atoms with Crippen LogP contribution in [0.15, 0.2) is 73.6 Å². The molecule has 5 rings (SSSR count). The van der Waals surface area contributed by atoms with Crippen LogP contribution in [0.4, 0.5) is 0 Å². The minimum Gasteiger partial charge on any atom is -0.332 e. The van der Waals surface area contributed by atoms with E-state index in [0.29, 0.717) is 0 Å². The van der Waals surface area contributed by atoms with Gasteiger partial charge in [-0.1, -0.05) is 6.07 Å². The largest absolute Gasteiger partial charge is 0.332 e. The molecule has 4 aromatic heterocycles. The molecule has 0 amide bonds. The molecule has 0 saturated heterocycles. The summed E-state index contributed by atoms with van der Waals surface area (Å²) in [6.07, 6.45) is 9.13. The second-order valence-electron chi connectivity index (χ2n) is 6.25. The highest BCUT2D eigenvalue weighted by molar-refractivity contribution is 5.97. The zero-order chi connectivity index (χ0) is 17.5. The fourth-order valence-electron chi connectivity index (χ4n) is 3.28. The SMILES string of the molecule is Cn1cnc2ncc(-c3ccc4nccc(-c5ccncc5)c4c3)cc21. The maximum atomic E-state index is 4.51. The molecule has 0 unspecified atom stereocenters. The summed E-state index contributed by atoms with van der Waals surface area (Å²) in [6, 6.07) is 14.5. The first kappa shape index (κ1) is 14.7. The first-order valence-corrected chi connectivity index (χ1v) is 8.36. The Balaban J connectivity index is 1.72. The lowest BCUT2D eigenvalue weighted by molar-refractivity contribution is 0.948. The smallest absolute Gasteiger partial charge is 0.177 e. The number of rotatable bonds is 2. The van der Waals surface area contributed by atoms with Crippen molar-refractivity contribution in [2.24, 2.45) is 7.05 Å². The van der Waals surface area contributed by atoms with Crippen LogP contribution in [0.25, 0.3) is 44.3 Å². The first-order chi connectivity index (χ1) is 12.8. The fourth-order valence-corrected chi connectivity index (χ4v) is 3.28. The van der Waals surface area contributed by atoms with Crippen LogP contribution in [0.2, 0.25) is 0 Å². The summed E-state index contributed by atoms with van der Waals surface area (Å²) in [5, 5.41) is 1.11. The van der Waals surface area contributed by atoms with Crippen LogP contribution in [-0.2, 0) is 7.05 Å². The average Bonchev–Trinajstić information content (AvgIpc) is 3.08. The van der Waals surface area contributed by atoms with Crippen molar-refractivity contribution in [2.45, 2.75) is 0 Å². The van der Waals surface area contributed by atoms with Gasteiger partial charge in [0.15, 0.2) is 5.65 Å². The molecule has 0 bridgehead atoms. The van der Waals surface area contributed by atoms with E-state index < -0.39 is 0 Å². The molecule has 0 N–H and O–H groups in total. The predicted molar refractivity (Wildman–Crippen MR) is 102 cm³/mol. The second-order valence-corrected chi connectivity index (χ2v) is 6.25. The highest BCUT2D eigenvalue weighted by Crippen LogP contribution is 2.31. The van der Waals surface area contributed by atoms with Crippen molar-refractivity contribution in [3.63, 3.8) is 0 Å². The number of fused-ring (bicyclic) bond motifs is 2. The van der Waals surface area contributed by atoms with Crippen molar-refractivity contribution in [1.82, 2.24) is 24.5 Å². The molecule has 1 aromatic carbocycles. The fraction of sp³-hybridized carbons (Fsp3) is 0.0476. The van der Waals surface area contributed by atoms with Gasteiger partial charge >= 0.3 is 0 Å². The Bertz CT molecular complexity index is 1240. The minimum atomic E-state index is 0.760. The Morgan fingerprint density at radius 3 is 2.54 bits per heavy atom. The Labute approximate surface area is 150 Å².